The number of hydrogen-bond acceptors (Lipinski definition) is 6. The Hall–Kier alpha value is -4.08. The zero-order valence-electron chi connectivity index (χ0n) is 19.4. The largest absolute Gasteiger partial charge is 0.490 e. The molecule has 1 aliphatic rings. The smallest absolute Gasteiger partial charge is 0.293 e. The van der Waals surface area contributed by atoms with Crippen LogP contribution in [0.3, 0.4) is 0 Å². The molecule has 1 saturated heterocycles. The van der Waals surface area contributed by atoms with Gasteiger partial charge in [0.25, 0.3) is 16.8 Å². The van der Waals surface area contributed by atoms with Crippen LogP contribution in [0.2, 0.25) is 5.02 Å². The van der Waals surface area contributed by atoms with Crippen molar-refractivity contribution in [3.8, 4) is 5.75 Å². The van der Waals surface area contributed by atoms with Crippen LogP contribution in [0.1, 0.15) is 11.1 Å². The molecule has 0 N–H and O–H groups in total. The second-order valence-corrected chi connectivity index (χ2v) is 9.67. The lowest BCUT2D eigenvalue weighted by atomic mass is 10.1. The van der Waals surface area contributed by atoms with Crippen LogP contribution in [0.5, 0.6) is 5.75 Å². The Bertz CT molecular complexity index is 1550. The van der Waals surface area contributed by atoms with Crippen LogP contribution in [-0.2, 0) is 11.3 Å². The molecule has 1 fully saturated rings. The van der Waals surface area contributed by atoms with Gasteiger partial charge in [0.1, 0.15) is 12.4 Å². The molecular weight excluding hydrogens is 514 g/mol. The van der Waals surface area contributed by atoms with Gasteiger partial charge in [-0.15, -0.1) is 0 Å². The van der Waals surface area contributed by atoms with Gasteiger partial charge in [-0.1, -0.05) is 54.1 Å². The Morgan fingerprint density at radius 2 is 1.73 bits per heavy atom. The van der Waals surface area contributed by atoms with E-state index in [1.807, 2.05) is 35.0 Å². The van der Waals surface area contributed by atoms with Crippen molar-refractivity contribution in [3.63, 3.8) is 0 Å². The number of hydrogen-bond donors (Lipinski definition) is 0. The number of rotatable bonds is 8. The van der Waals surface area contributed by atoms with E-state index in [4.69, 9.17) is 16.3 Å². The summed E-state index contributed by atoms with van der Waals surface area (Å²) in [4.78, 5) is 37.6. The lowest BCUT2D eigenvalue weighted by Gasteiger charge is -2.13. The van der Waals surface area contributed by atoms with Crippen molar-refractivity contribution in [1.82, 2.24) is 9.47 Å². The number of benzene rings is 3. The SMILES string of the molecule is O=C1S/C(=C\c2cn(Cc3ccc([N+](=O)[O-])cc3)c3ccccc23)C(=O)N1CCOc1ccccc1Cl. The minimum absolute atomic E-state index is 0.0368. The van der Waals surface area contributed by atoms with Crippen molar-refractivity contribution in [3.05, 3.63) is 110 Å². The van der Waals surface area contributed by atoms with Crippen LogP contribution in [0.15, 0.2) is 83.9 Å². The molecule has 3 aromatic carbocycles. The predicted molar refractivity (Wildman–Crippen MR) is 144 cm³/mol. The fourth-order valence-electron chi connectivity index (χ4n) is 4.08. The summed E-state index contributed by atoms with van der Waals surface area (Å²) in [6.07, 6.45) is 3.65. The predicted octanol–water partition coefficient (Wildman–Crippen LogP) is 6.37. The molecule has 186 valence electrons. The Labute approximate surface area is 221 Å². The van der Waals surface area contributed by atoms with Gasteiger partial charge >= 0.3 is 0 Å². The Morgan fingerprint density at radius 3 is 2.49 bits per heavy atom. The summed E-state index contributed by atoms with van der Waals surface area (Å²) in [5, 5.41) is 12.0. The van der Waals surface area contributed by atoms with E-state index in [2.05, 4.69) is 0 Å². The van der Waals surface area contributed by atoms with E-state index in [1.165, 1.54) is 17.0 Å². The summed E-state index contributed by atoms with van der Waals surface area (Å²) in [5.74, 6) is 0.123. The van der Waals surface area contributed by atoms with Crippen LogP contribution in [0.25, 0.3) is 17.0 Å². The summed E-state index contributed by atoms with van der Waals surface area (Å²) >= 11 is 6.99. The normalized spacial score (nSPS) is 14.6. The zero-order valence-corrected chi connectivity index (χ0v) is 20.9. The highest BCUT2D eigenvalue weighted by Gasteiger charge is 2.35. The Balaban J connectivity index is 1.35. The van der Waals surface area contributed by atoms with E-state index in [0.717, 1.165) is 33.8 Å². The molecule has 0 atom stereocenters. The molecule has 8 nitrogen and oxygen atoms in total. The van der Waals surface area contributed by atoms with E-state index < -0.39 is 4.92 Å². The summed E-state index contributed by atoms with van der Waals surface area (Å²) in [6, 6.07) is 21.2. The number of ether oxygens (including phenoxy) is 1. The number of nitro groups is 1. The van der Waals surface area contributed by atoms with Crippen molar-refractivity contribution in [2.75, 3.05) is 13.2 Å². The van der Waals surface area contributed by atoms with E-state index >= 15 is 0 Å². The third-order valence-electron chi connectivity index (χ3n) is 5.89. The highest BCUT2D eigenvalue weighted by molar-refractivity contribution is 8.18. The van der Waals surface area contributed by atoms with Gasteiger partial charge in [0.05, 0.1) is 21.4 Å². The molecule has 0 bridgehead atoms. The maximum atomic E-state index is 13.0. The number of carbonyl (C=O) groups excluding carboxylic acids is 2. The summed E-state index contributed by atoms with van der Waals surface area (Å²) in [6.45, 7) is 0.728. The van der Waals surface area contributed by atoms with E-state index in [-0.39, 0.29) is 30.0 Å². The van der Waals surface area contributed by atoms with Gasteiger partial charge in [-0.05, 0) is 41.6 Å². The molecule has 4 aromatic rings. The number of non-ortho nitro benzene ring substituents is 1. The van der Waals surface area contributed by atoms with Crippen molar-refractivity contribution in [1.29, 1.82) is 0 Å². The molecule has 2 amide bonds. The summed E-state index contributed by atoms with van der Waals surface area (Å²) < 4.78 is 7.66. The fourth-order valence-corrected chi connectivity index (χ4v) is 5.13. The molecule has 1 aromatic heterocycles. The van der Waals surface area contributed by atoms with Gasteiger partial charge < -0.3 is 9.30 Å². The molecule has 5 rings (SSSR count). The summed E-state index contributed by atoms with van der Waals surface area (Å²) in [5.41, 5.74) is 2.68. The molecule has 0 aliphatic carbocycles. The Morgan fingerprint density at radius 1 is 1.00 bits per heavy atom. The average Bonchev–Trinajstić information content (AvgIpc) is 3.37. The average molecular weight is 534 g/mol. The lowest BCUT2D eigenvalue weighted by Crippen LogP contribution is -2.32. The number of carbonyl (C=O) groups is 2. The number of amides is 2. The van der Waals surface area contributed by atoms with Gasteiger partial charge in [-0.2, -0.15) is 0 Å². The third kappa shape index (κ3) is 5.23. The molecule has 2 heterocycles. The molecule has 10 heteroatoms. The van der Waals surface area contributed by atoms with Crippen molar-refractivity contribution in [2.45, 2.75) is 6.54 Å². The lowest BCUT2D eigenvalue weighted by molar-refractivity contribution is -0.384. The first-order valence-electron chi connectivity index (χ1n) is 11.3. The van der Waals surface area contributed by atoms with Crippen LogP contribution in [0.4, 0.5) is 10.5 Å². The van der Waals surface area contributed by atoms with Gasteiger partial charge in [0.2, 0.25) is 0 Å². The molecule has 37 heavy (non-hydrogen) atoms. The van der Waals surface area contributed by atoms with Crippen molar-refractivity contribution >= 4 is 57.2 Å². The minimum atomic E-state index is -0.428. The first kappa shape index (κ1) is 24.6. The second kappa shape index (κ2) is 10.5. The maximum Gasteiger partial charge on any atom is 0.293 e. The highest BCUT2D eigenvalue weighted by atomic mass is 35.5. The van der Waals surface area contributed by atoms with E-state index in [1.54, 1.807) is 42.5 Å². The number of fused-ring (bicyclic) bond motifs is 1. The van der Waals surface area contributed by atoms with Crippen molar-refractivity contribution in [2.24, 2.45) is 0 Å². The van der Waals surface area contributed by atoms with Crippen LogP contribution in [-0.4, -0.2) is 38.7 Å². The molecule has 1 aliphatic heterocycles. The number of nitro benzene ring substituents is 1. The van der Waals surface area contributed by atoms with Crippen LogP contribution in [0, 0.1) is 10.1 Å². The highest BCUT2D eigenvalue weighted by Crippen LogP contribution is 2.34. The number of halogens is 1. The fraction of sp³-hybridized carbons (Fsp3) is 0.111. The summed E-state index contributed by atoms with van der Waals surface area (Å²) in [7, 11) is 0. The zero-order chi connectivity index (χ0) is 25.9. The number of nitrogens with zero attached hydrogens (tertiary/aromatic N) is 3. The van der Waals surface area contributed by atoms with Gasteiger partial charge in [0.15, 0.2) is 0 Å². The van der Waals surface area contributed by atoms with Gasteiger partial charge in [0, 0.05) is 41.3 Å². The van der Waals surface area contributed by atoms with Crippen molar-refractivity contribution < 1.29 is 19.2 Å². The maximum absolute atomic E-state index is 13.0. The molecular formula is C27H20ClN3O5S. The number of aromatic nitrogens is 1. The van der Waals surface area contributed by atoms with Gasteiger partial charge in [-0.25, -0.2) is 0 Å². The third-order valence-corrected chi connectivity index (χ3v) is 7.11. The van der Waals surface area contributed by atoms with E-state index in [9.17, 15) is 19.7 Å². The molecule has 0 saturated carbocycles. The topological polar surface area (TPSA) is 94.7 Å². The number of thioether (sulfide) groups is 1. The number of imide groups is 1. The minimum Gasteiger partial charge on any atom is -0.490 e. The van der Waals surface area contributed by atoms with Crippen LogP contribution >= 0.6 is 23.4 Å². The standard InChI is InChI=1S/C27H20ClN3O5S/c28-22-6-2-4-8-24(22)36-14-13-30-26(32)25(37-27(30)33)15-19-17-29(23-7-3-1-5-21(19)23)16-18-9-11-20(12-10-18)31(34)35/h1-12,15,17H,13-14,16H2/b25-15-. The van der Waals surface area contributed by atoms with Crippen LogP contribution < -0.4 is 4.74 Å². The quantitative estimate of drug-likeness (QED) is 0.148. The van der Waals surface area contributed by atoms with Gasteiger partial charge in [-0.3, -0.25) is 24.6 Å². The molecule has 0 radical (unpaired) electrons. The molecule has 0 unspecified atom stereocenters. The van der Waals surface area contributed by atoms with E-state index in [0.29, 0.717) is 22.2 Å². The monoisotopic (exact) mass is 533 g/mol. The Kier molecular flexibility index (Phi) is 6.98. The molecule has 0 spiro atoms. The second-order valence-electron chi connectivity index (χ2n) is 8.27. The number of para-hydroxylation sites is 2. The first-order valence-corrected chi connectivity index (χ1v) is 12.5. The first-order chi connectivity index (χ1) is 17.9.